The van der Waals surface area contributed by atoms with Crippen LogP contribution in [-0.2, 0) is 4.79 Å². The van der Waals surface area contributed by atoms with Gasteiger partial charge in [-0.1, -0.05) is 6.07 Å². The zero-order chi connectivity index (χ0) is 10.7. The second-order valence-electron chi connectivity index (χ2n) is 3.69. The summed E-state index contributed by atoms with van der Waals surface area (Å²) in [5.74, 6) is 0.118. The summed E-state index contributed by atoms with van der Waals surface area (Å²) in [6.07, 6.45) is 1.77. The molecule has 1 unspecified atom stereocenters. The molecule has 0 bridgehead atoms. The Kier molecular flexibility index (Phi) is 2.97. The van der Waals surface area contributed by atoms with E-state index in [0.29, 0.717) is 0 Å². The lowest BCUT2D eigenvalue weighted by Crippen LogP contribution is -2.48. The molecule has 1 aliphatic heterocycles. The number of aromatic nitrogens is 1. The van der Waals surface area contributed by atoms with Gasteiger partial charge in [-0.2, -0.15) is 0 Å². The molecule has 1 amide bonds. The largest absolute Gasteiger partial charge is 0.332 e. The van der Waals surface area contributed by atoms with Crippen LogP contribution in [0.1, 0.15) is 18.7 Å². The molecular weight excluding hydrogens is 190 g/mol. The van der Waals surface area contributed by atoms with Crippen molar-refractivity contribution >= 4 is 5.91 Å². The highest BCUT2D eigenvalue weighted by molar-refractivity contribution is 5.74. The zero-order valence-corrected chi connectivity index (χ0v) is 8.81. The number of amides is 1. The lowest BCUT2D eigenvalue weighted by atomic mass is 10.1. The van der Waals surface area contributed by atoms with E-state index in [4.69, 9.17) is 0 Å². The molecule has 1 fully saturated rings. The number of hydrogen-bond acceptors (Lipinski definition) is 3. The fraction of sp³-hybridized carbons (Fsp3) is 0.455. The van der Waals surface area contributed by atoms with Gasteiger partial charge in [0, 0.05) is 32.8 Å². The highest BCUT2D eigenvalue weighted by Gasteiger charge is 2.26. The minimum absolute atomic E-state index is 0.0810. The van der Waals surface area contributed by atoms with Crippen LogP contribution in [0, 0.1) is 0 Å². The van der Waals surface area contributed by atoms with Gasteiger partial charge in [0.1, 0.15) is 0 Å². The fourth-order valence-electron chi connectivity index (χ4n) is 1.92. The summed E-state index contributed by atoms with van der Waals surface area (Å²) < 4.78 is 0. The van der Waals surface area contributed by atoms with Gasteiger partial charge in [-0.3, -0.25) is 9.78 Å². The summed E-state index contributed by atoms with van der Waals surface area (Å²) in [6, 6.07) is 5.89. The highest BCUT2D eigenvalue weighted by Crippen LogP contribution is 2.19. The Bertz CT molecular complexity index is 339. The Hall–Kier alpha value is -1.42. The van der Waals surface area contributed by atoms with Crippen LogP contribution in [0.3, 0.4) is 0 Å². The van der Waals surface area contributed by atoms with Crippen molar-refractivity contribution in [2.24, 2.45) is 0 Å². The summed E-state index contributed by atoms with van der Waals surface area (Å²) >= 11 is 0. The van der Waals surface area contributed by atoms with Crippen LogP contribution in [0.2, 0.25) is 0 Å². The lowest BCUT2D eigenvalue weighted by Gasteiger charge is -2.35. The quantitative estimate of drug-likeness (QED) is 0.729. The molecule has 15 heavy (non-hydrogen) atoms. The summed E-state index contributed by atoms with van der Waals surface area (Å²) in [4.78, 5) is 17.6. The highest BCUT2D eigenvalue weighted by atomic mass is 16.2. The molecule has 1 atom stereocenters. The van der Waals surface area contributed by atoms with Crippen molar-refractivity contribution < 1.29 is 4.79 Å². The third kappa shape index (κ3) is 2.15. The van der Waals surface area contributed by atoms with Crippen LogP contribution in [0.5, 0.6) is 0 Å². The molecule has 2 rings (SSSR count). The monoisotopic (exact) mass is 205 g/mol. The molecule has 0 aliphatic carbocycles. The molecule has 0 radical (unpaired) electrons. The normalized spacial score (nSPS) is 21.4. The number of carbonyl (C=O) groups excluding carboxylic acids is 1. The number of nitrogens with zero attached hydrogens (tertiary/aromatic N) is 2. The SMILES string of the molecule is CC(=O)N1CCNCC1c1ccccn1. The van der Waals surface area contributed by atoms with Gasteiger partial charge in [0.25, 0.3) is 0 Å². The number of rotatable bonds is 1. The van der Waals surface area contributed by atoms with Gasteiger partial charge >= 0.3 is 0 Å². The smallest absolute Gasteiger partial charge is 0.220 e. The van der Waals surface area contributed by atoms with Crippen molar-refractivity contribution in [2.75, 3.05) is 19.6 Å². The Balaban J connectivity index is 2.22. The predicted molar refractivity (Wildman–Crippen MR) is 57.2 cm³/mol. The lowest BCUT2D eigenvalue weighted by molar-refractivity contribution is -0.132. The van der Waals surface area contributed by atoms with E-state index in [0.717, 1.165) is 25.3 Å². The van der Waals surface area contributed by atoms with E-state index >= 15 is 0 Å². The van der Waals surface area contributed by atoms with Gasteiger partial charge in [0.15, 0.2) is 0 Å². The number of carbonyl (C=O) groups is 1. The fourth-order valence-corrected chi connectivity index (χ4v) is 1.92. The number of nitrogens with one attached hydrogen (secondary N) is 1. The molecule has 1 aromatic rings. The van der Waals surface area contributed by atoms with Gasteiger partial charge in [-0.05, 0) is 12.1 Å². The van der Waals surface area contributed by atoms with Crippen molar-refractivity contribution in [3.05, 3.63) is 30.1 Å². The summed E-state index contributed by atoms with van der Waals surface area (Å²) in [6.45, 7) is 4.03. The first kappa shape index (κ1) is 10.1. The Morgan fingerprint density at radius 1 is 1.60 bits per heavy atom. The molecule has 4 nitrogen and oxygen atoms in total. The molecule has 4 heteroatoms. The minimum atomic E-state index is 0.0810. The summed E-state index contributed by atoms with van der Waals surface area (Å²) in [5, 5.41) is 3.28. The van der Waals surface area contributed by atoms with Crippen LogP contribution in [0.4, 0.5) is 0 Å². The van der Waals surface area contributed by atoms with Crippen molar-refractivity contribution in [2.45, 2.75) is 13.0 Å². The Morgan fingerprint density at radius 2 is 2.47 bits per heavy atom. The van der Waals surface area contributed by atoms with Crippen LogP contribution in [0.25, 0.3) is 0 Å². The van der Waals surface area contributed by atoms with Crippen LogP contribution >= 0.6 is 0 Å². The summed E-state index contributed by atoms with van der Waals surface area (Å²) in [7, 11) is 0. The first-order valence-electron chi connectivity index (χ1n) is 5.18. The van der Waals surface area contributed by atoms with Crippen molar-refractivity contribution in [1.82, 2.24) is 15.2 Å². The molecule has 1 aromatic heterocycles. The predicted octanol–water partition coefficient (Wildman–Crippen LogP) is 0.574. The third-order valence-corrected chi connectivity index (χ3v) is 2.68. The standard InChI is InChI=1S/C11H15N3O/c1-9(15)14-7-6-12-8-11(14)10-4-2-3-5-13-10/h2-5,11-12H,6-8H2,1H3. The van der Waals surface area contributed by atoms with E-state index in [1.807, 2.05) is 23.1 Å². The zero-order valence-electron chi connectivity index (χ0n) is 8.81. The van der Waals surface area contributed by atoms with Gasteiger partial charge < -0.3 is 10.2 Å². The maximum atomic E-state index is 11.5. The number of piperazine rings is 1. The molecule has 80 valence electrons. The third-order valence-electron chi connectivity index (χ3n) is 2.68. The van der Waals surface area contributed by atoms with Crippen LogP contribution in [0.15, 0.2) is 24.4 Å². The van der Waals surface area contributed by atoms with E-state index in [1.54, 1.807) is 13.1 Å². The number of hydrogen-bond donors (Lipinski definition) is 1. The van der Waals surface area contributed by atoms with Gasteiger partial charge in [-0.15, -0.1) is 0 Å². The first-order valence-corrected chi connectivity index (χ1v) is 5.18. The molecule has 1 N–H and O–H groups in total. The maximum Gasteiger partial charge on any atom is 0.220 e. The van der Waals surface area contributed by atoms with Crippen molar-refractivity contribution in [3.8, 4) is 0 Å². The van der Waals surface area contributed by atoms with Gasteiger partial charge in [0.05, 0.1) is 11.7 Å². The average molecular weight is 205 g/mol. The molecule has 2 heterocycles. The Labute approximate surface area is 89.3 Å². The molecule has 1 aliphatic rings. The van der Waals surface area contributed by atoms with E-state index in [2.05, 4.69) is 10.3 Å². The van der Waals surface area contributed by atoms with Crippen LogP contribution in [-0.4, -0.2) is 35.4 Å². The molecule has 0 saturated carbocycles. The second-order valence-corrected chi connectivity index (χ2v) is 3.69. The molecule has 1 saturated heterocycles. The van der Waals surface area contributed by atoms with Crippen LogP contribution < -0.4 is 5.32 Å². The minimum Gasteiger partial charge on any atom is -0.332 e. The molecular formula is C11H15N3O. The van der Waals surface area contributed by atoms with Crippen molar-refractivity contribution in [3.63, 3.8) is 0 Å². The second kappa shape index (κ2) is 4.40. The van der Waals surface area contributed by atoms with Crippen molar-refractivity contribution in [1.29, 1.82) is 0 Å². The summed E-state index contributed by atoms with van der Waals surface area (Å²) in [5.41, 5.74) is 0.958. The van der Waals surface area contributed by atoms with E-state index in [9.17, 15) is 4.79 Å². The van der Waals surface area contributed by atoms with E-state index < -0.39 is 0 Å². The first-order chi connectivity index (χ1) is 7.29. The topological polar surface area (TPSA) is 45.2 Å². The average Bonchev–Trinajstić information content (AvgIpc) is 2.30. The molecule has 0 spiro atoms. The van der Waals surface area contributed by atoms with E-state index in [1.165, 1.54) is 0 Å². The van der Waals surface area contributed by atoms with Gasteiger partial charge in [-0.25, -0.2) is 0 Å². The van der Waals surface area contributed by atoms with E-state index in [-0.39, 0.29) is 11.9 Å². The van der Waals surface area contributed by atoms with Gasteiger partial charge in [0.2, 0.25) is 5.91 Å². The maximum absolute atomic E-state index is 11.5. The molecule has 0 aromatic carbocycles. The number of pyridine rings is 1. The Morgan fingerprint density at radius 3 is 3.13 bits per heavy atom.